The molecule has 0 radical (unpaired) electrons. The van der Waals surface area contributed by atoms with Gasteiger partial charge in [0, 0.05) is 37.7 Å². The molecule has 0 saturated carbocycles. The van der Waals surface area contributed by atoms with E-state index in [4.69, 9.17) is 16.3 Å². The summed E-state index contributed by atoms with van der Waals surface area (Å²) in [7, 11) is 0. The molecule has 1 fully saturated rings. The second-order valence-corrected chi connectivity index (χ2v) is 7.48. The lowest BCUT2D eigenvalue weighted by Gasteiger charge is -2.34. The van der Waals surface area contributed by atoms with Gasteiger partial charge < -0.3 is 9.64 Å². The number of piperazine rings is 1. The molecule has 0 aromatic heterocycles. The molecule has 0 unspecified atom stereocenters. The van der Waals surface area contributed by atoms with Gasteiger partial charge in [-0.1, -0.05) is 36.7 Å². The molecule has 1 aliphatic heterocycles. The van der Waals surface area contributed by atoms with E-state index in [1.165, 1.54) is 19.0 Å². The van der Waals surface area contributed by atoms with Crippen molar-refractivity contribution in [1.29, 1.82) is 0 Å². The Morgan fingerprint density at radius 3 is 2.30 bits per heavy atom. The lowest BCUT2D eigenvalue weighted by atomic mass is 10.00. The van der Waals surface area contributed by atoms with Gasteiger partial charge in [-0.3, -0.25) is 4.90 Å². The maximum absolute atomic E-state index is 13.8. The predicted octanol–water partition coefficient (Wildman–Crippen LogP) is 4.69. The van der Waals surface area contributed by atoms with Gasteiger partial charge in [-0.2, -0.15) is 0 Å². The van der Waals surface area contributed by atoms with Crippen LogP contribution in [0, 0.1) is 5.82 Å². The van der Waals surface area contributed by atoms with Crippen LogP contribution in [0.25, 0.3) is 11.1 Å². The Balaban J connectivity index is 1.51. The van der Waals surface area contributed by atoms with Crippen LogP contribution in [-0.4, -0.2) is 55.7 Å². The van der Waals surface area contributed by atoms with E-state index in [1.54, 1.807) is 6.07 Å². The van der Waals surface area contributed by atoms with Crippen molar-refractivity contribution in [1.82, 2.24) is 9.80 Å². The Bertz CT molecular complexity index is 715. The van der Waals surface area contributed by atoms with Gasteiger partial charge in [0.05, 0.1) is 13.2 Å². The molecule has 0 amide bonds. The van der Waals surface area contributed by atoms with Crippen molar-refractivity contribution in [2.45, 2.75) is 20.0 Å². The molecule has 0 bridgehead atoms. The third-order valence-electron chi connectivity index (χ3n) is 5.04. The number of benzene rings is 2. The zero-order chi connectivity index (χ0) is 19.1. The van der Waals surface area contributed by atoms with Crippen LogP contribution < -0.4 is 0 Å². The van der Waals surface area contributed by atoms with Crippen molar-refractivity contribution < 1.29 is 9.13 Å². The van der Waals surface area contributed by atoms with E-state index >= 15 is 0 Å². The van der Waals surface area contributed by atoms with Crippen molar-refractivity contribution >= 4 is 11.6 Å². The van der Waals surface area contributed by atoms with Gasteiger partial charge in [-0.25, -0.2) is 4.39 Å². The normalized spacial score (nSPS) is 16.0. The third kappa shape index (κ3) is 6.01. The number of rotatable bonds is 8. The van der Waals surface area contributed by atoms with Gasteiger partial charge >= 0.3 is 0 Å². The number of hydrogen-bond donors (Lipinski definition) is 0. The van der Waals surface area contributed by atoms with Gasteiger partial charge in [-0.05, 0) is 53.9 Å². The van der Waals surface area contributed by atoms with E-state index in [2.05, 4.69) is 16.7 Å². The average molecular weight is 391 g/mol. The van der Waals surface area contributed by atoms with E-state index < -0.39 is 0 Å². The standard InChI is InChI=1S/C22H28ClFN2O/c1-2-9-25-10-12-26(13-11-25)14-15-27-17-19-5-8-21(24)16-22(19)18-3-6-20(23)7-4-18/h3-8,16H,2,9-15,17H2,1H3. The summed E-state index contributed by atoms with van der Waals surface area (Å²) in [5.74, 6) is -0.242. The number of ether oxygens (including phenoxy) is 1. The van der Waals surface area contributed by atoms with Crippen molar-refractivity contribution in [3.8, 4) is 11.1 Å². The van der Waals surface area contributed by atoms with E-state index in [0.717, 1.165) is 49.4 Å². The molecule has 27 heavy (non-hydrogen) atoms. The van der Waals surface area contributed by atoms with Crippen molar-refractivity contribution in [2.24, 2.45) is 0 Å². The monoisotopic (exact) mass is 390 g/mol. The molecule has 1 aliphatic rings. The van der Waals surface area contributed by atoms with Crippen LogP contribution >= 0.6 is 11.6 Å². The molecule has 3 rings (SSSR count). The van der Waals surface area contributed by atoms with Crippen molar-refractivity contribution in [3.63, 3.8) is 0 Å². The Hall–Kier alpha value is -1.46. The summed E-state index contributed by atoms with van der Waals surface area (Å²) in [6.07, 6.45) is 1.22. The van der Waals surface area contributed by atoms with Crippen LogP contribution in [0.4, 0.5) is 4.39 Å². The fraction of sp³-hybridized carbons (Fsp3) is 0.455. The molecular weight excluding hydrogens is 363 g/mol. The van der Waals surface area contributed by atoms with Crippen LogP contribution in [0.2, 0.25) is 5.02 Å². The summed E-state index contributed by atoms with van der Waals surface area (Å²) in [6.45, 7) is 10.0. The van der Waals surface area contributed by atoms with Crippen LogP contribution in [0.3, 0.4) is 0 Å². The van der Waals surface area contributed by atoms with Crippen LogP contribution in [0.5, 0.6) is 0 Å². The van der Waals surface area contributed by atoms with Gasteiger partial charge in [-0.15, -0.1) is 0 Å². The lowest BCUT2D eigenvalue weighted by Crippen LogP contribution is -2.47. The molecule has 2 aromatic carbocycles. The maximum atomic E-state index is 13.8. The average Bonchev–Trinajstić information content (AvgIpc) is 2.68. The molecule has 1 saturated heterocycles. The topological polar surface area (TPSA) is 15.7 Å². The van der Waals surface area contributed by atoms with Crippen LogP contribution in [0.1, 0.15) is 18.9 Å². The first-order valence-electron chi connectivity index (χ1n) is 9.72. The molecule has 146 valence electrons. The summed E-state index contributed by atoms with van der Waals surface area (Å²) in [4.78, 5) is 4.98. The van der Waals surface area contributed by atoms with Crippen molar-refractivity contribution in [2.75, 3.05) is 45.9 Å². The number of nitrogens with zero attached hydrogens (tertiary/aromatic N) is 2. The molecule has 2 aromatic rings. The first-order chi connectivity index (χ1) is 13.2. The van der Waals surface area contributed by atoms with Crippen LogP contribution in [-0.2, 0) is 11.3 Å². The Kier molecular flexibility index (Phi) is 7.65. The Morgan fingerprint density at radius 2 is 1.63 bits per heavy atom. The van der Waals surface area contributed by atoms with E-state index in [9.17, 15) is 4.39 Å². The molecule has 0 spiro atoms. The SMILES string of the molecule is CCCN1CCN(CCOCc2ccc(F)cc2-c2ccc(Cl)cc2)CC1. The third-order valence-corrected chi connectivity index (χ3v) is 5.29. The highest BCUT2D eigenvalue weighted by Crippen LogP contribution is 2.26. The summed E-state index contributed by atoms with van der Waals surface area (Å²) >= 11 is 5.97. The summed E-state index contributed by atoms with van der Waals surface area (Å²) in [6, 6.07) is 12.3. The minimum absolute atomic E-state index is 0.242. The Labute approximate surface area is 166 Å². The zero-order valence-corrected chi connectivity index (χ0v) is 16.7. The van der Waals surface area contributed by atoms with E-state index in [0.29, 0.717) is 18.2 Å². The second kappa shape index (κ2) is 10.2. The molecular formula is C22H28ClFN2O. The maximum Gasteiger partial charge on any atom is 0.123 e. The fourth-order valence-electron chi connectivity index (χ4n) is 3.50. The quantitative estimate of drug-likeness (QED) is 0.608. The largest absolute Gasteiger partial charge is 0.375 e. The predicted molar refractivity (Wildman–Crippen MR) is 110 cm³/mol. The first-order valence-corrected chi connectivity index (χ1v) is 10.1. The molecule has 0 N–H and O–H groups in total. The molecule has 5 heteroatoms. The fourth-order valence-corrected chi connectivity index (χ4v) is 3.63. The smallest absolute Gasteiger partial charge is 0.123 e. The highest BCUT2D eigenvalue weighted by Gasteiger charge is 2.15. The zero-order valence-electron chi connectivity index (χ0n) is 16.0. The lowest BCUT2D eigenvalue weighted by molar-refractivity contribution is 0.0686. The van der Waals surface area contributed by atoms with E-state index in [1.807, 2.05) is 30.3 Å². The second-order valence-electron chi connectivity index (χ2n) is 7.04. The van der Waals surface area contributed by atoms with Gasteiger partial charge in [0.2, 0.25) is 0 Å². The minimum Gasteiger partial charge on any atom is -0.375 e. The highest BCUT2D eigenvalue weighted by atomic mass is 35.5. The van der Waals surface area contributed by atoms with Crippen LogP contribution in [0.15, 0.2) is 42.5 Å². The number of hydrogen-bond acceptors (Lipinski definition) is 3. The van der Waals surface area contributed by atoms with E-state index in [-0.39, 0.29) is 5.82 Å². The van der Waals surface area contributed by atoms with Gasteiger partial charge in [0.25, 0.3) is 0 Å². The highest BCUT2D eigenvalue weighted by molar-refractivity contribution is 6.30. The number of halogens is 2. The molecule has 3 nitrogen and oxygen atoms in total. The molecule has 0 atom stereocenters. The van der Waals surface area contributed by atoms with Gasteiger partial charge in [0.15, 0.2) is 0 Å². The Morgan fingerprint density at radius 1 is 0.963 bits per heavy atom. The summed E-state index contributed by atoms with van der Waals surface area (Å²) in [5, 5.41) is 0.673. The van der Waals surface area contributed by atoms with Crippen molar-refractivity contribution in [3.05, 3.63) is 58.9 Å². The summed E-state index contributed by atoms with van der Waals surface area (Å²) in [5.41, 5.74) is 2.80. The molecule has 1 heterocycles. The van der Waals surface area contributed by atoms with Gasteiger partial charge in [0.1, 0.15) is 5.82 Å². The first kappa shape index (κ1) is 20.3. The minimum atomic E-state index is -0.242. The molecule has 0 aliphatic carbocycles. The summed E-state index contributed by atoms with van der Waals surface area (Å²) < 4.78 is 19.7.